The van der Waals surface area contributed by atoms with Crippen molar-refractivity contribution in [3.63, 3.8) is 0 Å². The molecule has 1 N–H and O–H groups in total. The summed E-state index contributed by atoms with van der Waals surface area (Å²) < 4.78 is 0. The first-order chi connectivity index (χ1) is 15.1. The summed E-state index contributed by atoms with van der Waals surface area (Å²) in [6.07, 6.45) is 0.320. The van der Waals surface area contributed by atoms with E-state index in [9.17, 15) is 33.6 Å². The van der Waals surface area contributed by atoms with Gasteiger partial charge in [0, 0.05) is 42.9 Å². The molecule has 0 aromatic carbocycles. The van der Waals surface area contributed by atoms with Crippen LogP contribution in [0.3, 0.4) is 0 Å². The molecule has 2 rings (SSSR count). The van der Waals surface area contributed by atoms with E-state index in [-0.39, 0.29) is 44.9 Å². The first-order valence-electron chi connectivity index (χ1n) is 9.36. The van der Waals surface area contributed by atoms with Gasteiger partial charge in [-0.3, -0.25) is 24.0 Å². The maximum atomic E-state index is 11.6. The third-order valence-electron chi connectivity index (χ3n) is 3.59. The normalized spacial score (nSPS) is 15.5. The fourth-order valence-corrected chi connectivity index (χ4v) is 4.21. The van der Waals surface area contributed by atoms with E-state index >= 15 is 0 Å². The number of rotatable bonds is 11. The van der Waals surface area contributed by atoms with E-state index in [1.807, 2.05) is 0 Å². The molecule has 32 heavy (non-hydrogen) atoms. The highest BCUT2D eigenvalue weighted by Gasteiger charge is 2.33. The van der Waals surface area contributed by atoms with Crippen LogP contribution in [-0.4, -0.2) is 74.0 Å². The highest BCUT2D eigenvalue weighted by atomic mass is 33.1. The Hall–Kier alpha value is -2.26. The minimum Gasteiger partial charge on any atom is -0.481 e. The molecule has 2 fully saturated rings. The van der Waals surface area contributed by atoms with Gasteiger partial charge in [-0.15, -0.1) is 10.1 Å². The molecular formula is C17H22N2O10S3. The predicted octanol–water partition coefficient (Wildman–Crippen LogP) is 0.753. The lowest BCUT2D eigenvalue weighted by molar-refractivity contribution is -0.197. The van der Waals surface area contributed by atoms with E-state index in [1.54, 1.807) is 0 Å². The van der Waals surface area contributed by atoms with Crippen LogP contribution in [0.25, 0.3) is 0 Å². The van der Waals surface area contributed by atoms with Crippen LogP contribution in [0.2, 0.25) is 0 Å². The number of carboxylic acids is 1. The fourth-order valence-electron chi connectivity index (χ4n) is 2.07. The van der Waals surface area contributed by atoms with Crippen molar-refractivity contribution in [2.75, 3.05) is 17.3 Å². The van der Waals surface area contributed by atoms with E-state index < -0.39 is 41.5 Å². The monoisotopic (exact) mass is 510 g/mol. The van der Waals surface area contributed by atoms with Crippen LogP contribution in [0.1, 0.15) is 44.9 Å². The van der Waals surface area contributed by atoms with Gasteiger partial charge in [-0.05, 0) is 0 Å². The molecule has 12 nitrogen and oxygen atoms in total. The van der Waals surface area contributed by atoms with E-state index in [4.69, 9.17) is 14.8 Å². The van der Waals surface area contributed by atoms with Crippen LogP contribution in [0.5, 0.6) is 0 Å². The SMILES string of the molecule is O=C(CCSSCCC(=O)ON1C(=O)CCC1=O)ON1C(=O)CCC1=O.O=C(O)CCS. The van der Waals surface area contributed by atoms with Crippen molar-refractivity contribution in [2.45, 2.75) is 44.9 Å². The Balaban J connectivity index is 0.000000751. The number of amides is 4. The average molecular weight is 511 g/mol. The number of carbonyl (C=O) groups excluding carboxylic acids is 6. The second kappa shape index (κ2) is 14.7. The van der Waals surface area contributed by atoms with E-state index in [0.717, 1.165) is 0 Å². The average Bonchev–Trinajstić information content (AvgIpc) is 3.21. The van der Waals surface area contributed by atoms with Gasteiger partial charge in [-0.2, -0.15) is 12.6 Å². The number of nitrogens with zero attached hydrogens (tertiary/aromatic N) is 2. The zero-order valence-electron chi connectivity index (χ0n) is 16.9. The minimum atomic E-state index is -0.787. The number of thiol groups is 1. The van der Waals surface area contributed by atoms with E-state index in [1.165, 1.54) is 21.6 Å². The number of carboxylic acid groups (broad SMARTS) is 1. The molecule has 0 radical (unpaired) electrons. The van der Waals surface area contributed by atoms with Gasteiger partial charge in [0.2, 0.25) is 0 Å². The second-order valence-corrected chi connectivity index (χ2v) is 9.25. The Morgan fingerprint density at radius 3 is 1.34 bits per heavy atom. The highest BCUT2D eigenvalue weighted by Crippen LogP contribution is 2.24. The number of hydrogen-bond donors (Lipinski definition) is 2. The van der Waals surface area contributed by atoms with Crippen molar-refractivity contribution in [3.05, 3.63) is 0 Å². The summed E-state index contributed by atoms with van der Waals surface area (Å²) in [6.45, 7) is 0. The molecule has 2 heterocycles. The van der Waals surface area contributed by atoms with Gasteiger partial charge >= 0.3 is 17.9 Å². The zero-order valence-corrected chi connectivity index (χ0v) is 19.4. The third kappa shape index (κ3) is 10.4. The zero-order chi connectivity index (χ0) is 24.1. The summed E-state index contributed by atoms with van der Waals surface area (Å²) in [7, 11) is 2.60. The lowest BCUT2D eigenvalue weighted by Gasteiger charge is -2.12. The molecule has 0 saturated carbocycles. The number of hydrogen-bond acceptors (Lipinski definition) is 12. The second-order valence-electron chi connectivity index (χ2n) is 6.10. The predicted molar refractivity (Wildman–Crippen MR) is 115 cm³/mol. The summed E-state index contributed by atoms with van der Waals surface area (Å²) in [5, 5.41) is 8.86. The summed E-state index contributed by atoms with van der Waals surface area (Å²) in [5.74, 6) is -3.13. The maximum Gasteiger partial charge on any atom is 0.334 e. The van der Waals surface area contributed by atoms with Crippen LogP contribution < -0.4 is 0 Å². The van der Waals surface area contributed by atoms with Gasteiger partial charge in [-0.1, -0.05) is 21.6 Å². The summed E-state index contributed by atoms with van der Waals surface area (Å²) in [5.41, 5.74) is 0. The van der Waals surface area contributed by atoms with Gasteiger partial charge in [0.25, 0.3) is 23.6 Å². The summed E-state index contributed by atoms with van der Waals surface area (Å²) in [6, 6.07) is 0. The van der Waals surface area contributed by atoms with Crippen molar-refractivity contribution in [1.29, 1.82) is 0 Å². The van der Waals surface area contributed by atoms with Gasteiger partial charge in [0.1, 0.15) is 0 Å². The first kappa shape index (κ1) is 27.8. The summed E-state index contributed by atoms with van der Waals surface area (Å²) in [4.78, 5) is 87.2. The van der Waals surface area contributed by atoms with Gasteiger partial charge < -0.3 is 14.8 Å². The van der Waals surface area contributed by atoms with Crippen LogP contribution >= 0.6 is 34.2 Å². The minimum absolute atomic E-state index is 0.00401. The van der Waals surface area contributed by atoms with Crippen molar-refractivity contribution in [3.8, 4) is 0 Å². The van der Waals surface area contributed by atoms with Crippen LogP contribution in [0, 0.1) is 0 Å². The third-order valence-corrected chi connectivity index (χ3v) is 6.22. The molecule has 15 heteroatoms. The van der Waals surface area contributed by atoms with Crippen LogP contribution in [0.4, 0.5) is 0 Å². The standard InChI is InChI=1S/C14H16N2O8S2.C3H6O2S/c17-9-1-2-10(18)15(9)23-13(21)5-7-25-26-8-6-14(22)24-16-11(19)3-4-12(16)20;4-3(5)1-2-6/h1-8H2;6H,1-2H2,(H,4,5). The fraction of sp³-hybridized carbons (Fsp3) is 0.588. The number of aliphatic carboxylic acids is 1. The Kier molecular flexibility index (Phi) is 12.8. The molecule has 0 aliphatic carbocycles. The lowest BCUT2D eigenvalue weighted by atomic mass is 10.4. The van der Waals surface area contributed by atoms with Crippen molar-refractivity contribution in [1.82, 2.24) is 10.1 Å². The molecule has 2 aliphatic rings. The molecule has 2 saturated heterocycles. The van der Waals surface area contributed by atoms with Gasteiger partial charge in [0.15, 0.2) is 0 Å². The Morgan fingerprint density at radius 2 is 1.09 bits per heavy atom. The highest BCUT2D eigenvalue weighted by molar-refractivity contribution is 8.76. The Labute approximate surface area is 196 Å². The van der Waals surface area contributed by atoms with Gasteiger partial charge in [0.05, 0.1) is 19.3 Å². The van der Waals surface area contributed by atoms with E-state index in [0.29, 0.717) is 27.4 Å². The van der Waals surface area contributed by atoms with Crippen molar-refractivity contribution < 1.29 is 48.3 Å². The molecule has 2 aliphatic heterocycles. The first-order valence-corrected chi connectivity index (χ1v) is 12.5. The lowest BCUT2D eigenvalue weighted by Crippen LogP contribution is -2.32. The molecule has 0 atom stereocenters. The Bertz CT molecular complexity index is 675. The molecule has 0 spiro atoms. The number of carbonyl (C=O) groups is 7. The molecule has 4 amide bonds. The number of hydroxylamine groups is 4. The smallest absolute Gasteiger partial charge is 0.334 e. The van der Waals surface area contributed by atoms with Crippen LogP contribution in [-0.2, 0) is 43.2 Å². The molecule has 0 aromatic heterocycles. The molecule has 0 unspecified atom stereocenters. The molecule has 178 valence electrons. The molecule has 0 bridgehead atoms. The molecule has 0 aromatic rings. The quantitative estimate of drug-likeness (QED) is 0.174. The summed E-state index contributed by atoms with van der Waals surface area (Å²) >= 11 is 3.68. The van der Waals surface area contributed by atoms with Crippen molar-refractivity contribution in [2.24, 2.45) is 0 Å². The molecular weight excluding hydrogens is 488 g/mol. The van der Waals surface area contributed by atoms with Crippen molar-refractivity contribution >= 4 is 75.8 Å². The maximum absolute atomic E-state index is 11.6. The van der Waals surface area contributed by atoms with E-state index in [2.05, 4.69) is 12.6 Å². The largest absolute Gasteiger partial charge is 0.481 e. The topological polar surface area (TPSA) is 165 Å². The number of imide groups is 2. The Morgan fingerprint density at radius 1 is 0.750 bits per heavy atom. The van der Waals surface area contributed by atoms with Crippen LogP contribution in [0.15, 0.2) is 0 Å². The van der Waals surface area contributed by atoms with Gasteiger partial charge in [-0.25, -0.2) is 9.59 Å².